The third-order valence-corrected chi connectivity index (χ3v) is 6.26. The van der Waals surface area contributed by atoms with E-state index in [0.29, 0.717) is 22.9 Å². The zero-order chi connectivity index (χ0) is 21.8. The van der Waals surface area contributed by atoms with Crippen LogP contribution in [-0.2, 0) is 4.79 Å². The Bertz CT molecular complexity index is 1010. The van der Waals surface area contributed by atoms with Crippen LogP contribution in [0.25, 0.3) is 11.5 Å². The van der Waals surface area contributed by atoms with Crippen LogP contribution in [0.3, 0.4) is 0 Å². The number of benzene rings is 2. The molecule has 0 radical (unpaired) electrons. The van der Waals surface area contributed by atoms with Crippen LogP contribution in [-0.4, -0.2) is 29.0 Å². The molecule has 1 unspecified atom stereocenters. The van der Waals surface area contributed by atoms with Crippen LogP contribution in [0.2, 0.25) is 0 Å². The molecule has 0 saturated heterocycles. The lowest BCUT2D eigenvalue weighted by Crippen LogP contribution is -2.31. The van der Waals surface area contributed by atoms with Crippen LogP contribution < -0.4 is 10.1 Å². The monoisotopic (exact) mass is 437 g/mol. The lowest BCUT2D eigenvalue weighted by atomic mass is 10.0. The van der Waals surface area contributed by atoms with Gasteiger partial charge < -0.3 is 14.5 Å². The van der Waals surface area contributed by atoms with Crippen LogP contribution in [0, 0.1) is 5.92 Å². The molecule has 1 amide bonds. The second-order valence-corrected chi connectivity index (χ2v) is 9.02. The minimum Gasteiger partial charge on any atom is -0.497 e. The Morgan fingerprint density at radius 3 is 2.39 bits per heavy atom. The quantitative estimate of drug-likeness (QED) is 0.462. The van der Waals surface area contributed by atoms with E-state index in [1.807, 2.05) is 36.4 Å². The molecule has 31 heavy (non-hydrogen) atoms. The number of ether oxygens (including phenoxy) is 1. The molecule has 1 aliphatic carbocycles. The van der Waals surface area contributed by atoms with Crippen LogP contribution in [0.1, 0.15) is 49.8 Å². The molecule has 162 valence electrons. The van der Waals surface area contributed by atoms with E-state index in [1.165, 1.54) is 17.3 Å². The summed E-state index contributed by atoms with van der Waals surface area (Å²) in [5, 5.41) is 11.8. The summed E-state index contributed by atoms with van der Waals surface area (Å²) < 4.78 is 11.0. The molecule has 2 aromatic carbocycles. The average molecular weight is 438 g/mol. The van der Waals surface area contributed by atoms with Crippen LogP contribution in [0.4, 0.5) is 0 Å². The zero-order valence-electron chi connectivity index (χ0n) is 18.0. The van der Waals surface area contributed by atoms with Crippen LogP contribution >= 0.6 is 11.8 Å². The number of carbonyl (C=O) groups is 1. The number of aromatic nitrogens is 2. The summed E-state index contributed by atoms with van der Waals surface area (Å²) in [4.78, 5) is 12.6. The Labute approximate surface area is 186 Å². The van der Waals surface area contributed by atoms with Gasteiger partial charge in [0, 0.05) is 5.56 Å². The predicted molar refractivity (Wildman–Crippen MR) is 121 cm³/mol. The molecule has 0 bridgehead atoms. The third-order valence-electron chi connectivity index (χ3n) is 5.44. The van der Waals surface area contributed by atoms with E-state index in [1.54, 1.807) is 7.11 Å². The first-order chi connectivity index (χ1) is 15.0. The van der Waals surface area contributed by atoms with Crippen molar-refractivity contribution in [2.24, 2.45) is 5.92 Å². The van der Waals surface area contributed by atoms with Gasteiger partial charge in [-0.2, -0.15) is 0 Å². The molecule has 7 heteroatoms. The van der Waals surface area contributed by atoms with Gasteiger partial charge in [-0.05, 0) is 60.1 Å². The number of hydrogen-bond acceptors (Lipinski definition) is 6. The summed E-state index contributed by atoms with van der Waals surface area (Å²) in [6.07, 6.45) is 2.26. The molecule has 1 saturated carbocycles. The topological polar surface area (TPSA) is 77.2 Å². The van der Waals surface area contributed by atoms with Crippen molar-refractivity contribution in [2.75, 3.05) is 12.9 Å². The number of amides is 1. The first kappa shape index (κ1) is 21.4. The van der Waals surface area contributed by atoms with E-state index in [9.17, 15) is 4.79 Å². The van der Waals surface area contributed by atoms with Gasteiger partial charge in [-0.25, -0.2) is 0 Å². The first-order valence-corrected chi connectivity index (χ1v) is 11.5. The normalized spacial score (nSPS) is 14.5. The molecule has 1 fully saturated rings. The van der Waals surface area contributed by atoms with E-state index in [2.05, 4.69) is 41.5 Å². The molecule has 0 aliphatic heterocycles. The summed E-state index contributed by atoms with van der Waals surface area (Å²) in [5.41, 5.74) is 3.24. The Hall–Kier alpha value is -2.80. The van der Waals surface area contributed by atoms with Crippen molar-refractivity contribution in [2.45, 2.75) is 43.9 Å². The standard InChI is InChI=1S/C24H27N3O3S/c1-15(2)16-4-8-19(9-5-16)23-26-27-24(30-23)31-14-21(28)25-22(17-6-7-17)18-10-12-20(29-3)13-11-18/h4-5,8-13,15,17,22H,6-7,14H2,1-3H3,(H,25,28). The van der Waals surface area contributed by atoms with Gasteiger partial charge in [-0.1, -0.05) is 49.9 Å². The van der Waals surface area contributed by atoms with Gasteiger partial charge in [0.25, 0.3) is 5.22 Å². The van der Waals surface area contributed by atoms with Crippen molar-refractivity contribution in [3.05, 3.63) is 59.7 Å². The Morgan fingerprint density at radius 2 is 1.77 bits per heavy atom. The maximum Gasteiger partial charge on any atom is 0.277 e. The highest BCUT2D eigenvalue weighted by atomic mass is 32.2. The summed E-state index contributed by atoms with van der Waals surface area (Å²) >= 11 is 1.26. The highest BCUT2D eigenvalue weighted by Crippen LogP contribution is 2.41. The van der Waals surface area contributed by atoms with Gasteiger partial charge in [0.05, 0.1) is 18.9 Å². The summed E-state index contributed by atoms with van der Waals surface area (Å²) in [7, 11) is 1.65. The number of nitrogens with zero attached hydrogens (tertiary/aromatic N) is 2. The van der Waals surface area contributed by atoms with Gasteiger partial charge in [0.1, 0.15) is 5.75 Å². The predicted octanol–water partition coefficient (Wildman–Crippen LogP) is 5.23. The van der Waals surface area contributed by atoms with Gasteiger partial charge in [0.15, 0.2) is 0 Å². The van der Waals surface area contributed by atoms with Gasteiger partial charge >= 0.3 is 0 Å². The second-order valence-electron chi connectivity index (χ2n) is 8.09. The van der Waals surface area contributed by atoms with Crippen molar-refractivity contribution in [3.63, 3.8) is 0 Å². The number of rotatable bonds is 9. The lowest BCUT2D eigenvalue weighted by molar-refractivity contribution is -0.119. The molecule has 1 aliphatic rings. The van der Waals surface area contributed by atoms with E-state index >= 15 is 0 Å². The lowest BCUT2D eigenvalue weighted by Gasteiger charge is -2.19. The van der Waals surface area contributed by atoms with Crippen molar-refractivity contribution < 1.29 is 13.9 Å². The van der Waals surface area contributed by atoms with Gasteiger partial charge in [0.2, 0.25) is 11.8 Å². The smallest absolute Gasteiger partial charge is 0.277 e. The second kappa shape index (κ2) is 9.56. The fourth-order valence-corrected chi connectivity index (χ4v) is 4.03. The molecule has 1 aromatic heterocycles. The number of thioether (sulfide) groups is 1. The summed E-state index contributed by atoms with van der Waals surface area (Å²) in [6.45, 7) is 4.31. The minimum absolute atomic E-state index is 0.0247. The van der Waals surface area contributed by atoms with Crippen molar-refractivity contribution >= 4 is 17.7 Å². The van der Waals surface area contributed by atoms with Gasteiger partial charge in [-0.15, -0.1) is 10.2 Å². The molecule has 0 spiro atoms. The Morgan fingerprint density at radius 1 is 1.10 bits per heavy atom. The molecule has 1 atom stereocenters. The molecule has 1 N–H and O–H groups in total. The fraction of sp³-hybridized carbons (Fsp3) is 0.375. The first-order valence-electron chi connectivity index (χ1n) is 10.5. The van der Waals surface area contributed by atoms with Crippen LogP contribution in [0.5, 0.6) is 5.75 Å². The Kier molecular flexibility index (Phi) is 6.61. The van der Waals surface area contributed by atoms with E-state index in [4.69, 9.17) is 9.15 Å². The molecule has 4 rings (SSSR count). The maximum absolute atomic E-state index is 12.6. The fourth-order valence-electron chi connectivity index (χ4n) is 3.45. The van der Waals surface area contributed by atoms with Crippen molar-refractivity contribution in [1.82, 2.24) is 15.5 Å². The van der Waals surface area contributed by atoms with E-state index in [-0.39, 0.29) is 17.7 Å². The SMILES string of the molecule is COc1ccc(C(NC(=O)CSc2nnc(-c3ccc(C(C)C)cc3)o2)C2CC2)cc1. The largest absolute Gasteiger partial charge is 0.497 e. The number of hydrogen-bond donors (Lipinski definition) is 1. The van der Waals surface area contributed by atoms with Crippen molar-refractivity contribution in [1.29, 1.82) is 0 Å². The highest BCUT2D eigenvalue weighted by Gasteiger charge is 2.33. The minimum atomic E-state index is -0.0428. The third kappa shape index (κ3) is 5.47. The van der Waals surface area contributed by atoms with E-state index in [0.717, 1.165) is 29.7 Å². The number of nitrogens with one attached hydrogen (secondary N) is 1. The molecule has 1 heterocycles. The van der Waals surface area contributed by atoms with E-state index < -0.39 is 0 Å². The van der Waals surface area contributed by atoms with Crippen molar-refractivity contribution in [3.8, 4) is 17.2 Å². The molecular formula is C24H27N3O3S. The summed E-state index contributed by atoms with van der Waals surface area (Å²) in [6, 6.07) is 16.0. The molecule has 6 nitrogen and oxygen atoms in total. The van der Waals surface area contributed by atoms with Crippen LogP contribution in [0.15, 0.2) is 58.2 Å². The maximum atomic E-state index is 12.6. The average Bonchev–Trinajstić information content (AvgIpc) is 3.53. The Balaban J connectivity index is 1.34. The number of carbonyl (C=O) groups excluding carboxylic acids is 1. The molecule has 3 aromatic rings. The summed E-state index contributed by atoms with van der Waals surface area (Å²) in [5.74, 6) is 2.43. The number of methoxy groups -OCH3 is 1. The van der Waals surface area contributed by atoms with Gasteiger partial charge in [-0.3, -0.25) is 4.79 Å². The molecular weight excluding hydrogens is 410 g/mol. The highest BCUT2D eigenvalue weighted by molar-refractivity contribution is 7.99. The zero-order valence-corrected chi connectivity index (χ0v) is 18.8.